The molecule has 103 valence electrons. The summed E-state index contributed by atoms with van der Waals surface area (Å²) in [5.74, 6) is -0.190. The van der Waals surface area contributed by atoms with Crippen LogP contribution >= 0.6 is 0 Å². The van der Waals surface area contributed by atoms with Crippen molar-refractivity contribution >= 4 is 0 Å². The third kappa shape index (κ3) is 3.31. The molecule has 0 unspecified atom stereocenters. The quantitative estimate of drug-likeness (QED) is 0.720. The number of hydrogen-bond donors (Lipinski definition) is 0. The Labute approximate surface area is 123 Å². The molecule has 0 saturated heterocycles. The Balaban J connectivity index is 1.95. The molecule has 0 spiro atoms. The lowest BCUT2D eigenvalue weighted by molar-refractivity contribution is 0.627. The van der Waals surface area contributed by atoms with Gasteiger partial charge in [-0.3, -0.25) is 9.97 Å². The van der Waals surface area contributed by atoms with Crippen LogP contribution < -0.4 is 0 Å². The van der Waals surface area contributed by atoms with Gasteiger partial charge >= 0.3 is 0 Å². The summed E-state index contributed by atoms with van der Waals surface area (Å²) < 4.78 is 13.0. The van der Waals surface area contributed by atoms with E-state index in [0.717, 1.165) is 16.7 Å². The molecular formula is C18H14FN2. The van der Waals surface area contributed by atoms with Crippen LogP contribution in [0.25, 0.3) is 0 Å². The monoisotopic (exact) mass is 277 g/mol. The molecule has 0 saturated carbocycles. The molecule has 0 bridgehead atoms. The van der Waals surface area contributed by atoms with E-state index in [1.54, 1.807) is 24.5 Å². The van der Waals surface area contributed by atoms with Crippen molar-refractivity contribution in [2.45, 2.75) is 5.92 Å². The molecule has 0 aliphatic rings. The molecule has 0 fully saturated rings. The van der Waals surface area contributed by atoms with E-state index < -0.39 is 0 Å². The number of benzene rings is 1. The van der Waals surface area contributed by atoms with Crippen molar-refractivity contribution in [1.29, 1.82) is 0 Å². The van der Waals surface area contributed by atoms with E-state index in [4.69, 9.17) is 0 Å². The molecule has 0 aliphatic carbocycles. The van der Waals surface area contributed by atoms with Gasteiger partial charge in [0.2, 0.25) is 0 Å². The van der Waals surface area contributed by atoms with Gasteiger partial charge in [0.25, 0.3) is 0 Å². The van der Waals surface area contributed by atoms with Crippen molar-refractivity contribution in [1.82, 2.24) is 9.97 Å². The van der Waals surface area contributed by atoms with E-state index in [1.165, 1.54) is 12.1 Å². The minimum atomic E-state index is -0.230. The highest BCUT2D eigenvalue weighted by Gasteiger charge is 2.15. The zero-order valence-corrected chi connectivity index (χ0v) is 11.4. The molecule has 3 heteroatoms. The summed E-state index contributed by atoms with van der Waals surface area (Å²) in [7, 11) is 0. The fraction of sp³-hybridized carbons (Fsp3) is 0.0556. The molecule has 3 rings (SSSR count). The van der Waals surface area contributed by atoms with Crippen molar-refractivity contribution in [2.75, 3.05) is 0 Å². The van der Waals surface area contributed by atoms with Crippen LogP contribution in [-0.4, -0.2) is 9.97 Å². The fourth-order valence-electron chi connectivity index (χ4n) is 2.27. The van der Waals surface area contributed by atoms with Gasteiger partial charge in [-0.25, -0.2) is 4.39 Å². The highest BCUT2D eigenvalue weighted by Crippen LogP contribution is 2.29. The summed E-state index contributed by atoms with van der Waals surface area (Å²) in [6, 6.07) is 14.4. The molecule has 1 radical (unpaired) electrons. The first kappa shape index (κ1) is 13.4. The number of halogens is 1. The second-order valence-corrected chi connectivity index (χ2v) is 4.77. The van der Waals surface area contributed by atoms with Gasteiger partial charge in [0, 0.05) is 37.1 Å². The van der Waals surface area contributed by atoms with Crippen LogP contribution in [0, 0.1) is 12.2 Å². The van der Waals surface area contributed by atoms with Gasteiger partial charge in [-0.2, -0.15) is 0 Å². The van der Waals surface area contributed by atoms with Gasteiger partial charge in [0.05, 0.1) is 0 Å². The number of nitrogens with zero attached hydrogens (tertiary/aromatic N) is 2. The van der Waals surface area contributed by atoms with Crippen LogP contribution in [0.5, 0.6) is 0 Å². The number of hydrogen-bond acceptors (Lipinski definition) is 2. The van der Waals surface area contributed by atoms with Crippen molar-refractivity contribution in [3.63, 3.8) is 0 Å². The second kappa shape index (κ2) is 6.27. The molecule has 2 aromatic heterocycles. The molecule has 2 heterocycles. The SMILES string of the molecule is Fc1ccc([CH]C(c2cccnc2)c2cccnc2)cc1. The third-order valence-corrected chi connectivity index (χ3v) is 3.32. The van der Waals surface area contributed by atoms with Crippen LogP contribution in [0.3, 0.4) is 0 Å². The molecule has 1 aromatic carbocycles. The van der Waals surface area contributed by atoms with Crippen molar-refractivity contribution in [3.8, 4) is 0 Å². The lowest BCUT2D eigenvalue weighted by Gasteiger charge is -2.17. The maximum absolute atomic E-state index is 13.0. The lowest BCUT2D eigenvalue weighted by Crippen LogP contribution is -2.04. The smallest absolute Gasteiger partial charge is 0.123 e. The molecule has 0 atom stereocenters. The van der Waals surface area contributed by atoms with E-state index in [-0.39, 0.29) is 11.7 Å². The van der Waals surface area contributed by atoms with E-state index in [1.807, 2.05) is 36.7 Å². The zero-order chi connectivity index (χ0) is 14.5. The van der Waals surface area contributed by atoms with Crippen LogP contribution in [0.1, 0.15) is 22.6 Å². The van der Waals surface area contributed by atoms with Crippen LogP contribution in [0.2, 0.25) is 0 Å². The summed E-state index contributed by atoms with van der Waals surface area (Å²) >= 11 is 0. The summed E-state index contributed by atoms with van der Waals surface area (Å²) in [5.41, 5.74) is 3.12. The Morgan fingerprint density at radius 3 is 1.86 bits per heavy atom. The molecule has 21 heavy (non-hydrogen) atoms. The first-order valence-electron chi connectivity index (χ1n) is 6.73. The van der Waals surface area contributed by atoms with Gasteiger partial charge in [-0.1, -0.05) is 24.3 Å². The first-order valence-corrected chi connectivity index (χ1v) is 6.73. The van der Waals surface area contributed by atoms with E-state index >= 15 is 0 Å². The molecule has 3 aromatic rings. The Morgan fingerprint density at radius 1 is 0.810 bits per heavy atom. The van der Waals surface area contributed by atoms with E-state index in [2.05, 4.69) is 16.4 Å². The van der Waals surface area contributed by atoms with Gasteiger partial charge in [-0.15, -0.1) is 0 Å². The van der Waals surface area contributed by atoms with Crippen molar-refractivity contribution in [3.05, 3.63) is 102 Å². The van der Waals surface area contributed by atoms with Crippen molar-refractivity contribution < 1.29 is 4.39 Å². The maximum atomic E-state index is 13.0. The van der Waals surface area contributed by atoms with Gasteiger partial charge in [0.15, 0.2) is 0 Å². The highest BCUT2D eigenvalue weighted by atomic mass is 19.1. The Morgan fingerprint density at radius 2 is 1.38 bits per heavy atom. The molecule has 2 nitrogen and oxygen atoms in total. The van der Waals surface area contributed by atoms with Gasteiger partial charge in [-0.05, 0) is 41.0 Å². The summed E-state index contributed by atoms with van der Waals surface area (Å²) in [4.78, 5) is 8.37. The number of pyridine rings is 2. The second-order valence-electron chi connectivity index (χ2n) is 4.77. The average Bonchev–Trinajstić information content (AvgIpc) is 2.56. The van der Waals surface area contributed by atoms with Crippen LogP contribution in [0.15, 0.2) is 73.3 Å². The minimum absolute atomic E-state index is 0.0397. The van der Waals surface area contributed by atoms with Crippen LogP contribution in [-0.2, 0) is 0 Å². The third-order valence-electron chi connectivity index (χ3n) is 3.32. The minimum Gasteiger partial charge on any atom is -0.264 e. The normalized spacial score (nSPS) is 10.8. The Kier molecular flexibility index (Phi) is 4.01. The Hall–Kier alpha value is -2.55. The topological polar surface area (TPSA) is 25.8 Å². The van der Waals surface area contributed by atoms with E-state index in [9.17, 15) is 4.39 Å². The van der Waals surface area contributed by atoms with Gasteiger partial charge in [0.1, 0.15) is 5.82 Å². The number of aromatic nitrogens is 2. The average molecular weight is 277 g/mol. The standard InChI is InChI=1S/C18H14FN2/c19-17-7-5-14(6-8-17)11-18(15-3-1-9-20-12-15)16-4-2-10-21-13-16/h1-13,18H. The van der Waals surface area contributed by atoms with E-state index in [0.29, 0.717) is 0 Å². The summed E-state index contributed by atoms with van der Waals surface area (Å²) in [5, 5.41) is 0. The van der Waals surface area contributed by atoms with Crippen molar-refractivity contribution in [2.24, 2.45) is 0 Å². The molecular weight excluding hydrogens is 263 g/mol. The predicted octanol–water partition coefficient (Wildman–Crippen LogP) is 4.00. The summed E-state index contributed by atoms with van der Waals surface area (Å²) in [6.45, 7) is 0. The highest BCUT2D eigenvalue weighted by molar-refractivity contribution is 5.38. The number of rotatable bonds is 4. The van der Waals surface area contributed by atoms with Crippen LogP contribution in [0.4, 0.5) is 4.39 Å². The first-order chi connectivity index (χ1) is 10.3. The maximum Gasteiger partial charge on any atom is 0.123 e. The Bertz CT molecular complexity index is 642. The summed E-state index contributed by atoms with van der Waals surface area (Å²) in [6.07, 6.45) is 9.28. The molecule has 0 N–H and O–H groups in total. The lowest BCUT2D eigenvalue weighted by atomic mass is 9.88. The van der Waals surface area contributed by atoms with Gasteiger partial charge < -0.3 is 0 Å². The molecule has 0 aliphatic heterocycles. The predicted molar refractivity (Wildman–Crippen MR) is 80.1 cm³/mol. The molecule has 0 amide bonds. The zero-order valence-electron chi connectivity index (χ0n) is 11.4. The largest absolute Gasteiger partial charge is 0.264 e. The fourth-order valence-corrected chi connectivity index (χ4v) is 2.27.